The molecule has 2 aromatic rings. The average Bonchev–Trinajstić information content (AvgIpc) is 2.45. The Labute approximate surface area is 140 Å². The number of pyridine rings is 1. The van der Waals surface area contributed by atoms with Gasteiger partial charge in [0.2, 0.25) is 10.0 Å². The van der Waals surface area contributed by atoms with Crippen LogP contribution < -0.4 is 10.0 Å². The van der Waals surface area contributed by atoms with Crippen LogP contribution in [-0.2, 0) is 10.0 Å². The molecular weight excluding hydrogens is 332 g/mol. The Bertz CT molecular complexity index is 843. The molecule has 24 heavy (non-hydrogen) atoms. The first-order valence-corrected chi connectivity index (χ1v) is 8.57. The van der Waals surface area contributed by atoms with E-state index in [0.717, 1.165) is 6.20 Å². The van der Waals surface area contributed by atoms with Crippen molar-refractivity contribution in [3.8, 4) is 0 Å². The summed E-state index contributed by atoms with van der Waals surface area (Å²) >= 11 is 0. The molecule has 0 saturated carbocycles. The van der Waals surface area contributed by atoms with E-state index in [1.54, 1.807) is 32.9 Å². The molecule has 0 bridgehead atoms. The Morgan fingerprint density at radius 3 is 2.42 bits per heavy atom. The lowest BCUT2D eigenvalue weighted by molar-refractivity contribution is -0.385. The van der Waals surface area contributed by atoms with E-state index in [1.165, 1.54) is 24.3 Å². The fourth-order valence-corrected chi connectivity index (χ4v) is 3.38. The predicted octanol–water partition coefficient (Wildman–Crippen LogP) is 2.81. The van der Waals surface area contributed by atoms with Crippen LogP contribution in [0, 0.1) is 10.1 Å². The average molecular weight is 350 g/mol. The SMILES string of the molecule is CC(C)(C)NS(=O)(=O)c1cccc(Nc2ccc([N+](=O)[O-])cn2)c1. The highest BCUT2D eigenvalue weighted by Crippen LogP contribution is 2.21. The molecule has 0 aliphatic rings. The minimum absolute atomic E-state index is 0.115. The van der Waals surface area contributed by atoms with E-state index in [9.17, 15) is 18.5 Å². The van der Waals surface area contributed by atoms with Crippen molar-refractivity contribution in [2.24, 2.45) is 0 Å². The van der Waals surface area contributed by atoms with Gasteiger partial charge < -0.3 is 5.32 Å². The predicted molar refractivity (Wildman–Crippen MR) is 90.7 cm³/mol. The molecule has 1 aromatic heterocycles. The van der Waals surface area contributed by atoms with Crippen LogP contribution in [0.2, 0.25) is 0 Å². The molecule has 8 nitrogen and oxygen atoms in total. The van der Waals surface area contributed by atoms with Crippen molar-refractivity contribution < 1.29 is 13.3 Å². The van der Waals surface area contributed by atoms with Gasteiger partial charge in [0, 0.05) is 17.3 Å². The highest BCUT2D eigenvalue weighted by atomic mass is 32.2. The number of anilines is 2. The monoisotopic (exact) mass is 350 g/mol. The molecule has 0 radical (unpaired) electrons. The Kier molecular flexibility index (Phi) is 4.86. The van der Waals surface area contributed by atoms with Gasteiger partial charge in [0.05, 0.1) is 9.82 Å². The van der Waals surface area contributed by atoms with Gasteiger partial charge in [-0.25, -0.2) is 18.1 Å². The summed E-state index contributed by atoms with van der Waals surface area (Å²) < 4.78 is 27.3. The minimum Gasteiger partial charge on any atom is -0.340 e. The topological polar surface area (TPSA) is 114 Å². The quantitative estimate of drug-likeness (QED) is 0.633. The van der Waals surface area contributed by atoms with Gasteiger partial charge in [-0.2, -0.15) is 0 Å². The zero-order chi connectivity index (χ0) is 18.0. The number of aromatic nitrogens is 1. The second-order valence-corrected chi connectivity index (χ2v) is 7.85. The summed E-state index contributed by atoms with van der Waals surface area (Å²) in [6.45, 7) is 5.27. The zero-order valence-corrected chi connectivity index (χ0v) is 14.3. The number of nitro groups is 1. The summed E-state index contributed by atoms with van der Waals surface area (Å²) in [6, 6.07) is 9.01. The maximum absolute atomic E-state index is 12.3. The summed E-state index contributed by atoms with van der Waals surface area (Å²) in [6.07, 6.45) is 1.13. The fourth-order valence-electron chi connectivity index (χ4n) is 1.92. The summed E-state index contributed by atoms with van der Waals surface area (Å²) in [5.41, 5.74) is -0.207. The molecule has 128 valence electrons. The Morgan fingerprint density at radius 1 is 1.17 bits per heavy atom. The third-order valence-corrected chi connectivity index (χ3v) is 4.57. The van der Waals surface area contributed by atoms with Gasteiger partial charge in [-0.1, -0.05) is 6.07 Å². The van der Waals surface area contributed by atoms with Crippen molar-refractivity contribution in [3.63, 3.8) is 0 Å². The van der Waals surface area contributed by atoms with Crippen LogP contribution in [-0.4, -0.2) is 23.9 Å². The first-order valence-electron chi connectivity index (χ1n) is 7.08. The van der Waals surface area contributed by atoms with E-state index >= 15 is 0 Å². The Hall–Kier alpha value is -2.52. The first kappa shape index (κ1) is 17.8. The number of rotatable bonds is 5. The molecule has 2 rings (SSSR count). The molecule has 9 heteroatoms. The van der Waals surface area contributed by atoms with Crippen molar-refractivity contribution in [1.29, 1.82) is 0 Å². The van der Waals surface area contributed by atoms with Gasteiger partial charge in [-0.3, -0.25) is 10.1 Å². The highest BCUT2D eigenvalue weighted by Gasteiger charge is 2.22. The summed E-state index contributed by atoms with van der Waals surface area (Å²) in [7, 11) is -3.65. The Balaban J connectivity index is 2.23. The second-order valence-electron chi connectivity index (χ2n) is 6.17. The van der Waals surface area contributed by atoms with Gasteiger partial charge in [0.25, 0.3) is 5.69 Å². The molecule has 0 saturated heterocycles. The lowest BCUT2D eigenvalue weighted by Crippen LogP contribution is -2.40. The molecule has 0 aliphatic carbocycles. The molecular formula is C15H18N4O4S. The molecule has 0 unspecified atom stereocenters. The van der Waals surface area contributed by atoms with E-state index in [2.05, 4.69) is 15.0 Å². The van der Waals surface area contributed by atoms with Gasteiger partial charge in [0.1, 0.15) is 12.0 Å². The molecule has 2 N–H and O–H groups in total. The summed E-state index contributed by atoms with van der Waals surface area (Å²) in [5, 5.41) is 13.5. The van der Waals surface area contributed by atoms with Crippen molar-refractivity contribution >= 4 is 27.2 Å². The molecule has 0 fully saturated rings. The fraction of sp³-hybridized carbons (Fsp3) is 0.267. The maximum Gasteiger partial charge on any atom is 0.287 e. The van der Waals surface area contributed by atoms with Crippen LogP contribution >= 0.6 is 0 Å². The van der Waals surface area contributed by atoms with Crippen LogP contribution in [0.15, 0.2) is 47.5 Å². The van der Waals surface area contributed by atoms with Gasteiger partial charge in [-0.05, 0) is 45.0 Å². The van der Waals surface area contributed by atoms with Crippen LogP contribution in [0.5, 0.6) is 0 Å². The standard InChI is InChI=1S/C15H18N4O4S/c1-15(2,3)18-24(22,23)13-6-4-5-11(9-13)17-14-8-7-12(10-16-14)19(20)21/h4-10,18H,1-3H3,(H,16,17). The molecule has 0 aliphatic heterocycles. The largest absolute Gasteiger partial charge is 0.340 e. The van der Waals surface area contributed by atoms with Crippen LogP contribution in [0.3, 0.4) is 0 Å². The normalized spacial score (nSPS) is 12.0. The molecule has 0 amide bonds. The van der Waals surface area contributed by atoms with Crippen molar-refractivity contribution in [2.75, 3.05) is 5.32 Å². The molecule has 1 aromatic carbocycles. The summed E-state index contributed by atoms with van der Waals surface area (Å²) in [5.74, 6) is 0.374. The summed E-state index contributed by atoms with van der Waals surface area (Å²) in [4.78, 5) is 14.1. The minimum atomic E-state index is -3.65. The first-order chi connectivity index (χ1) is 11.1. The van der Waals surface area contributed by atoms with E-state index in [4.69, 9.17) is 0 Å². The second kappa shape index (κ2) is 6.54. The third kappa shape index (κ3) is 4.74. The van der Waals surface area contributed by atoms with E-state index in [-0.39, 0.29) is 10.6 Å². The van der Waals surface area contributed by atoms with Gasteiger partial charge >= 0.3 is 0 Å². The lowest BCUT2D eigenvalue weighted by Gasteiger charge is -2.20. The number of benzene rings is 1. The van der Waals surface area contributed by atoms with E-state index in [0.29, 0.717) is 11.5 Å². The van der Waals surface area contributed by atoms with Crippen LogP contribution in [0.1, 0.15) is 20.8 Å². The smallest absolute Gasteiger partial charge is 0.287 e. The van der Waals surface area contributed by atoms with E-state index in [1.807, 2.05) is 0 Å². The lowest BCUT2D eigenvalue weighted by atomic mass is 10.1. The Morgan fingerprint density at radius 2 is 1.88 bits per heavy atom. The van der Waals surface area contributed by atoms with Crippen LogP contribution in [0.4, 0.5) is 17.2 Å². The number of hydrogen-bond donors (Lipinski definition) is 2. The van der Waals surface area contributed by atoms with Crippen LogP contribution in [0.25, 0.3) is 0 Å². The van der Waals surface area contributed by atoms with Gasteiger partial charge in [0.15, 0.2) is 0 Å². The molecule has 1 heterocycles. The van der Waals surface area contributed by atoms with E-state index < -0.39 is 20.5 Å². The van der Waals surface area contributed by atoms with Crippen molar-refractivity contribution in [2.45, 2.75) is 31.2 Å². The number of nitrogens with one attached hydrogen (secondary N) is 2. The highest BCUT2D eigenvalue weighted by molar-refractivity contribution is 7.89. The number of nitrogens with zero attached hydrogens (tertiary/aromatic N) is 2. The van der Waals surface area contributed by atoms with Crippen molar-refractivity contribution in [1.82, 2.24) is 9.71 Å². The molecule has 0 spiro atoms. The maximum atomic E-state index is 12.3. The number of sulfonamides is 1. The van der Waals surface area contributed by atoms with Gasteiger partial charge in [-0.15, -0.1) is 0 Å². The zero-order valence-electron chi connectivity index (χ0n) is 13.5. The van der Waals surface area contributed by atoms with Crippen molar-refractivity contribution in [3.05, 3.63) is 52.7 Å². The molecule has 0 atom stereocenters. The number of hydrogen-bond acceptors (Lipinski definition) is 6. The third-order valence-electron chi connectivity index (χ3n) is 2.82.